The van der Waals surface area contributed by atoms with Crippen LogP contribution in [0.5, 0.6) is 5.75 Å². The summed E-state index contributed by atoms with van der Waals surface area (Å²) in [6.07, 6.45) is 2.81. The van der Waals surface area contributed by atoms with Crippen LogP contribution in [-0.2, 0) is 11.2 Å². The number of aliphatic carboxylic acids is 1. The number of rotatable bonds is 5. The molecule has 1 heterocycles. The zero-order valence-electron chi connectivity index (χ0n) is 10.7. The number of carbonyl (C=O) groups excluding carboxylic acids is 1. The lowest BCUT2D eigenvalue weighted by molar-refractivity contribution is -0.139. The molecule has 110 valence electrons. The average Bonchev–Trinajstić information content (AvgIpc) is 2.90. The first-order chi connectivity index (χ1) is 9.97. The van der Waals surface area contributed by atoms with Crippen LogP contribution in [-0.4, -0.2) is 38.1 Å². The summed E-state index contributed by atoms with van der Waals surface area (Å²) in [6.45, 7) is 0. The van der Waals surface area contributed by atoms with Crippen LogP contribution in [0.2, 0.25) is 0 Å². The lowest BCUT2D eigenvalue weighted by atomic mass is 10.1. The number of phenolic OH excluding ortho intramolecular Hbond substituents is 1. The Morgan fingerprint density at radius 3 is 2.76 bits per heavy atom. The summed E-state index contributed by atoms with van der Waals surface area (Å²) in [5.41, 5.74) is 0.178. The van der Waals surface area contributed by atoms with E-state index in [1.54, 1.807) is 0 Å². The quantitative estimate of drug-likeness (QED) is 0.647. The number of benzene rings is 1. The van der Waals surface area contributed by atoms with E-state index in [2.05, 4.69) is 15.3 Å². The Morgan fingerprint density at radius 1 is 1.43 bits per heavy atom. The summed E-state index contributed by atoms with van der Waals surface area (Å²) in [5, 5.41) is 20.4. The molecule has 7 nitrogen and oxygen atoms in total. The predicted octanol–water partition coefficient (Wildman–Crippen LogP) is 0.680. The monoisotopic (exact) mass is 293 g/mol. The first kappa shape index (κ1) is 14.5. The van der Waals surface area contributed by atoms with Crippen LogP contribution < -0.4 is 5.32 Å². The fourth-order valence-corrected chi connectivity index (χ4v) is 1.74. The molecule has 1 amide bonds. The van der Waals surface area contributed by atoms with Gasteiger partial charge in [-0.15, -0.1) is 0 Å². The van der Waals surface area contributed by atoms with Crippen LogP contribution in [0.25, 0.3) is 0 Å². The third kappa shape index (κ3) is 3.56. The summed E-state index contributed by atoms with van der Waals surface area (Å²) < 4.78 is 13.5. The number of nitrogens with one attached hydrogen (secondary N) is 2. The van der Waals surface area contributed by atoms with Gasteiger partial charge in [-0.05, 0) is 12.1 Å². The molecule has 21 heavy (non-hydrogen) atoms. The molecule has 0 aliphatic carbocycles. The smallest absolute Gasteiger partial charge is 0.326 e. The molecule has 1 aromatic carbocycles. The number of aromatic amines is 1. The standard InChI is InChI=1S/C13H12FN3O4/c14-10-4-8(18)1-2-9(10)12(19)17-11(13(20)21)3-7-5-15-6-16-7/h1-2,4-6,11,18H,3H2,(H,15,16)(H,17,19)(H,20,21)/t11-/m0/s1. The van der Waals surface area contributed by atoms with Gasteiger partial charge in [-0.2, -0.15) is 0 Å². The Hall–Kier alpha value is -2.90. The third-order valence-corrected chi connectivity index (χ3v) is 2.78. The molecule has 0 saturated heterocycles. The Balaban J connectivity index is 2.12. The molecule has 0 radical (unpaired) electrons. The Morgan fingerprint density at radius 2 is 2.19 bits per heavy atom. The molecule has 2 aromatic rings. The van der Waals surface area contributed by atoms with Crippen LogP contribution in [0.15, 0.2) is 30.7 Å². The number of carbonyl (C=O) groups is 2. The second kappa shape index (κ2) is 6.04. The number of hydrogen-bond donors (Lipinski definition) is 4. The van der Waals surface area contributed by atoms with Crippen molar-refractivity contribution in [3.8, 4) is 5.75 Å². The molecule has 4 N–H and O–H groups in total. The number of aromatic hydroxyl groups is 1. The van der Waals surface area contributed by atoms with Crippen LogP contribution >= 0.6 is 0 Å². The highest BCUT2D eigenvalue weighted by Gasteiger charge is 2.23. The van der Waals surface area contributed by atoms with E-state index in [4.69, 9.17) is 10.2 Å². The number of H-pyrrole nitrogens is 1. The minimum absolute atomic E-state index is 0.0131. The maximum Gasteiger partial charge on any atom is 0.326 e. The lowest BCUT2D eigenvalue weighted by Crippen LogP contribution is -2.42. The largest absolute Gasteiger partial charge is 0.508 e. The van der Waals surface area contributed by atoms with Crippen molar-refractivity contribution in [1.29, 1.82) is 0 Å². The van der Waals surface area contributed by atoms with Crippen molar-refractivity contribution in [2.24, 2.45) is 0 Å². The fourth-order valence-electron chi connectivity index (χ4n) is 1.74. The highest BCUT2D eigenvalue weighted by Crippen LogP contribution is 2.15. The topological polar surface area (TPSA) is 115 Å². The van der Waals surface area contributed by atoms with Gasteiger partial charge >= 0.3 is 5.97 Å². The summed E-state index contributed by atoms with van der Waals surface area (Å²) in [5.74, 6) is -3.38. The first-order valence-corrected chi connectivity index (χ1v) is 5.97. The number of hydrogen-bond acceptors (Lipinski definition) is 4. The summed E-state index contributed by atoms with van der Waals surface area (Å²) >= 11 is 0. The second-order valence-corrected chi connectivity index (χ2v) is 4.31. The van der Waals surface area contributed by atoms with E-state index in [1.807, 2.05) is 0 Å². The van der Waals surface area contributed by atoms with Gasteiger partial charge in [-0.25, -0.2) is 14.2 Å². The SMILES string of the molecule is O=C(N[C@@H](Cc1cnc[nH]1)C(=O)O)c1ccc(O)cc1F. The zero-order valence-corrected chi connectivity index (χ0v) is 10.7. The number of amides is 1. The number of phenols is 1. The van der Waals surface area contributed by atoms with Gasteiger partial charge in [0.2, 0.25) is 0 Å². The van der Waals surface area contributed by atoms with Gasteiger partial charge in [0.15, 0.2) is 0 Å². The van der Waals surface area contributed by atoms with Crippen molar-refractivity contribution < 1.29 is 24.2 Å². The van der Waals surface area contributed by atoms with Crippen LogP contribution in [0.3, 0.4) is 0 Å². The molecular weight excluding hydrogens is 281 g/mol. The number of imidazole rings is 1. The van der Waals surface area contributed by atoms with Gasteiger partial charge in [0.25, 0.3) is 5.91 Å². The normalized spacial score (nSPS) is 11.9. The van der Waals surface area contributed by atoms with Crippen LogP contribution in [0.1, 0.15) is 16.1 Å². The minimum atomic E-state index is -1.25. The highest BCUT2D eigenvalue weighted by atomic mass is 19.1. The molecule has 1 atom stereocenters. The Labute approximate surface area is 118 Å². The number of aromatic nitrogens is 2. The van der Waals surface area contributed by atoms with Crippen molar-refractivity contribution in [1.82, 2.24) is 15.3 Å². The summed E-state index contributed by atoms with van der Waals surface area (Å²) in [4.78, 5) is 29.5. The van der Waals surface area contributed by atoms with Crippen LogP contribution in [0.4, 0.5) is 4.39 Å². The molecule has 0 aliphatic heterocycles. The van der Waals surface area contributed by atoms with Crippen LogP contribution in [0, 0.1) is 5.82 Å². The number of nitrogens with zero attached hydrogens (tertiary/aromatic N) is 1. The van der Waals surface area contributed by atoms with E-state index in [0.717, 1.165) is 18.2 Å². The molecule has 1 aromatic heterocycles. The molecule has 0 saturated carbocycles. The molecule has 0 fully saturated rings. The van der Waals surface area contributed by atoms with E-state index in [0.29, 0.717) is 5.69 Å². The van der Waals surface area contributed by atoms with E-state index in [-0.39, 0.29) is 17.7 Å². The zero-order chi connectivity index (χ0) is 15.4. The average molecular weight is 293 g/mol. The third-order valence-electron chi connectivity index (χ3n) is 2.78. The Bertz CT molecular complexity index is 657. The van der Waals surface area contributed by atoms with E-state index in [1.165, 1.54) is 12.5 Å². The highest BCUT2D eigenvalue weighted by molar-refractivity contribution is 5.97. The summed E-state index contributed by atoms with van der Waals surface area (Å²) in [7, 11) is 0. The molecular formula is C13H12FN3O4. The molecule has 0 unspecified atom stereocenters. The van der Waals surface area contributed by atoms with Gasteiger partial charge in [-0.3, -0.25) is 4.79 Å². The van der Waals surface area contributed by atoms with Gasteiger partial charge < -0.3 is 20.5 Å². The van der Waals surface area contributed by atoms with Crippen molar-refractivity contribution >= 4 is 11.9 Å². The predicted molar refractivity (Wildman–Crippen MR) is 69.2 cm³/mol. The van der Waals surface area contributed by atoms with E-state index in [9.17, 15) is 14.0 Å². The van der Waals surface area contributed by atoms with Crippen molar-refractivity contribution in [2.45, 2.75) is 12.5 Å². The molecule has 8 heteroatoms. The van der Waals surface area contributed by atoms with Crippen molar-refractivity contribution in [2.75, 3.05) is 0 Å². The number of carboxylic acid groups (broad SMARTS) is 1. The second-order valence-electron chi connectivity index (χ2n) is 4.31. The molecule has 2 rings (SSSR count). The van der Waals surface area contributed by atoms with Crippen molar-refractivity contribution in [3.63, 3.8) is 0 Å². The Kier molecular flexibility index (Phi) is 4.17. The first-order valence-electron chi connectivity index (χ1n) is 5.97. The van der Waals surface area contributed by atoms with Gasteiger partial charge in [0, 0.05) is 24.4 Å². The number of halogens is 1. The van der Waals surface area contributed by atoms with Gasteiger partial charge in [0.1, 0.15) is 17.6 Å². The summed E-state index contributed by atoms with van der Waals surface area (Å²) in [6, 6.07) is 1.77. The fraction of sp³-hybridized carbons (Fsp3) is 0.154. The van der Waals surface area contributed by atoms with E-state index < -0.39 is 23.7 Å². The lowest BCUT2D eigenvalue weighted by Gasteiger charge is -2.14. The molecule has 0 bridgehead atoms. The maximum atomic E-state index is 13.5. The minimum Gasteiger partial charge on any atom is -0.508 e. The van der Waals surface area contributed by atoms with Gasteiger partial charge in [0.05, 0.1) is 11.9 Å². The number of carboxylic acids is 1. The van der Waals surface area contributed by atoms with Gasteiger partial charge in [-0.1, -0.05) is 0 Å². The van der Waals surface area contributed by atoms with E-state index >= 15 is 0 Å². The maximum absolute atomic E-state index is 13.5. The molecule has 0 spiro atoms. The van der Waals surface area contributed by atoms with Crippen molar-refractivity contribution in [3.05, 3.63) is 47.8 Å². The molecule has 0 aliphatic rings.